The Morgan fingerprint density at radius 3 is 2.61 bits per heavy atom. The average Bonchev–Trinajstić information content (AvgIpc) is 2.62. The molecule has 6 nitrogen and oxygen atoms in total. The maximum absolute atomic E-state index is 12.9. The van der Waals surface area contributed by atoms with E-state index in [0.717, 1.165) is 11.3 Å². The Labute approximate surface area is 172 Å². The molecule has 1 heterocycles. The molecule has 1 fully saturated rings. The predicted molar refractivity (Wildman–Crippen MR) is 113 cm³/mol. The van der Waals surface area contributed by atoms with Crippen LogP contribution < -0.4 is 5.73 Å². The molecule has 1 aromatic rings. The van der Waals surface area contributed by atoms with Gasteiger partial charge in [-0.3, -0.25) is 9.89 Å². The van der Waals surface area contributed by atoms with Crippen LogP contribution in [-0.2, 0) is 15.9 Å². The topological polar surface area (TPSA) is 77.2 Å². The van der Waals surface area contributed by atoms with E-state index >= 15 is 0 Å². The van der Waals surface area contributed by atoms with Crippen LogP contribution in [0.5, 0.6) is 0 Å². The molecule has 1 aliphatic heterocycles. The molecule has 0 bridgehead atoms. The van der Waals surface area contributed by atoms with Crippen LogP contribution in [0, 0.1) is 0 Å². The number of amides is 1. The van der Waals surface area contributed by atoms with Crippen LogP contribution in [0.15, 0.2) is 41.0 Å². The molecule has 1 aliphatic rings. The molecule has 2 rings (SSSR count). The van der Waals surface area contributed by atoms with Gasteiger partial charge in [0.15, 0.2) is 0 Å². The standard InChI is InChI=1S/C21H30ClN3O3/c1-14(24-5)10-18(23)19-12-25(20(26)28-21(2,3)4)17(13-27-19)11-15-6-8-16(22)9-7-15/h6-10,17,19H,11-13,23H2,1-5H3. The van der Waals surface area contributed by atoms with Gasteiger partial charge in [-0.2, -0.15) is 0 Å². The molecule has 7 heteroatoms. The lowest BCUT2D eigenvalue weighted by Gasteiger charge is -2.40. The van der Waals surface area contributed by atoms with E-state index in [1.807, 2.05) is 52.0 Å². The first-order chi connectivity index (χ1) is 13.1. The number of carbonyl (C=O) groups excluding carboxylic acids is 1. The average molecular weight is 408 g/mol. The van der Waals surface area contributed by atoms with Crippen LogP contribution in [0.2, 0.25) is 5.02 Å². The van der Waals surface area contributed by atoms with Crippen LogP contribution in [0.4, 0.5) is 4.79 Å². The molecular weight excluding hydrogens is 378 g/mol. The van der Waals surface area contributed by atoms with Crippen molar-refractivity contribution in [2.45, 2.75) is 51.9 Å². The van der Waals surface area contributed by atoms with Crippen molar-refractivity contribution in [1.82, 2.24) is 4.90 Å². The normalized spacial score (nSPS) is 21.6. The van der Waals surface area contributed by atoms with Crippen molar-refractivity contribution in [1.29, 1.82) is 0 Å². The fourth-order valence-corrected chi connectivity index (χ4v) is 3.03. The van der Waals surface area contributed by atoms with Gasteiger partial charge in [-0.1, -0.05) is 23.7 Å². The molecule has 0 radical (unpaired) electrons. The molecular formula is C21H30ClN3O3. The summed E-state index contributed by atoms with van der Waals surface area (Å²) in [5.74, 6) is 0. The maximum Gasteiger partial charge on any atom is 0.410 e. The van der Waals surface area contributed by atoms with Crippen molar-refractivity contribution < 1.29 is 14.3 Å². The number of ether oxygens (including phenoxy) is 2. The molecule has 28 heavy (non-hydrogen) atoms. The largest absolute Gasteiger partial charge is 0.444 e. The molecule has 0 saturated carbocycles. The second kappa shape index (κ2) is 9.43. The van der Waals surface area contributed by atoms with E-state index < -0.39 is 11.7 Å². The van der Waals surface area contributed by atoms with Gasteiger partial charge in [0.05, 0.1) is 19.2 Å². The number of rotatable bonds is 4. The Morgan fingerprint density at radius 1 is 1.39 bits per heavy atom. The fraction of sp³-hybridized carbons (Fsp3) is 0.524. The number of nitrogens with two attached hydrogens (primary N) is 1. The number of hydrogen-bond acceptors (Lipinski definition) is 5. The highest BCUT2D eigenvalue weighted by Crippen LogP contribution is 2.22. The lowest BCUT2D eigenvalue weighted by Crippen LogP contribution is -2.55. The first-order valence-corrected chi connectivity index (χ1v) is 9.73. The van der Waals surface area contributed by atoms with Gasteiger partial charge in [0.25, 0.3) is 0 Å². The Hall–Kier alpha value is -2.05. The van der Waals surface area contributed by atoms with Crippen molar-refractivity contribution in [3.8, 4) is 0 Å². The summed E-state index contributed by atoms with van der Waals surface area (Å²) in [7, 11) is 1.70. The van der Waals surface area contributed by atoms with Crippen LogP contribution in [0.25, 0.3) is 0 Å². The Kier molecular flexibility index (Phi) is 7.49. The van der Waals surface area contributed by atoms with E-state index in [1.54, 1.807) is 18.0 Å². The van der Waals surface area contributed by atoms with Gasteiger partial charge in [0.1, 0.15) is 11.7 Å². The van der Waals surface area contributed by atoms with Crippen LogP contribution in [0.1, 0.15) is 33.3 Å². The second-order valence-electron chi connectivity index (χ2n) is 7.95. The Morgan fingerprint density at radius 2 is 2.04 bits per heavy atom. The fourth-order valence-electron chi connectivity index (χ4n) is 2.90. The van der Waals surface area contributed by atoms with Gasteiger partial charge in [0, 0.05) is 23.5 Å². The van der Waals surface area contributed by atoms with Gasteiger partial charge < -0.3 is 15.2 Å². The number of allylic oxidation sites excluding steroid dienone is 1. The lowest BCUT2D eigenvalue weighted by molar-refractivity contribution is -0.0575. The van der Waals surface area contributed by atoms with Crippen molar-refractivity contribution in [2.75, 3.05) is 20.2 Å². The number of halogens is 1. The minimum absolute atomic E-state index is 0.152. The summed E-state index contributed by atoms with van der Waals surface area (Å²) in [5, 5.41) is 0.679. The number of morpholine rings is 1. The summed E-state index contributed by atoms with van der Waals surface area (Å²) in [6.07, 6.45) is 1.65. The van der Waals surface area contributed by atoms with Gasteiger partial charge in [-0.05, 0) is 57.9 Å². The molecule has 0 aliphatic carbocycles. The smallest absolute Gasteiger partial charge is 0.410 e. The highest BCUT2D eigenvalue weighted by Gasteiger charge is 2.36. The minimum atomic E-state index is -0.581. The third-order valence-corrected chi connectivity index (χ3v) is 4.66. The first-order valence-electron chi connectivity index (χ1n) is 9.35. The van der Waals surface area contributed by atoms with E-state index in [9.17, 15) is 4.79 Å². The highest BCUT2D eigenvalue weighted by atomic mass is 35.5. The van der Waals surface area contributed by atoms with E-state index in [1.165, 1.54) is 0 Å². The van der Waals surface area contributed by atoms with E-state index in [4.69, 9.17) is 26.8 Å². The summed E-state index contributed by atoms with van der Waals surface area (Å²) >= 11 is 5.97. The highest BCUT2D eigenvalue weighted by molar-refractivity contribution is 6.30. The molecule has 0 spiro atoms. The Balaban J connectivity index is 2.20. The molecule has 2 atom stereocenters. The lowest BCUT2D eigenvalue weighted by atomic mass is 10.0. The molecule has 1 aromatic carbocycles. The molecule has 2 unspecified atom stereocenters. The molecule has 1 amide bonds. The van der Waals surface area contributed by atoms with Gasteiger partial charge in [0.2, 0.25) is 0 Å². The maximum atomic E-state index is 12.9. The third-order valence-electron chi connectivity index (χ3n) is 4.41. The van der Waals surface area contributed by atoms with Crippen molar-refractivity contribution in [2.24, 2.45) is 10.7 Å². The zero-order valence-electron chi connectivity index (χ0n) is 17.2. The molecule has 1 saturated heterocycles. The van der Waals surface area contributed by atoms with Gasteiger partial charge in [-0.25, -0.2) is 4.79 Å². The van der Waals surface area contributed by atoms with Gasteiger partial charge in [-0.15, -0.1) is 0 Å². The first kappa shape index (κ1) is 22.2. The zero-order valence-corrected chi connectivity index (χ0v) is 18.0. The quantitative estimate of drug-likeness (QED) is 0.769. The van der Waals surface area contributed by atoms with Gasteiger partial charge >= 0.3 is 6.09 Å². The molecule has 2 N–H and O–H groups in total. The van der Waals surface area contributed by atoms with Crippen molar-refractivity contribution >= 4 is 23.4 Å². The summed E-state index contributed by atoms with van der Waals surface area (Å²) < 4.78 is 11.6. The zero-order chi connectivity index (χ0) is 20.9. The monoisotopic (exact) mass is 407 g/mol. The number of nitrogens with zero attached hydrogens (tertiary/aromatic N) is 2. The van der Waals surface area contributed by atoms with Crippen LogP contribution in [0.3, 0.4) is 0 Å². The predicted octanol–water partition coefficient (Wildman–Crippen LogP) is 3.82. The van der Waals surface area contributed by atoms with E-state index in [2.05, 4.69) is 4.99 Å². The minimum Gasteiger partial charge on any atom is -0.444 e. The summed E-state index contributed by atoms with van der Waals surface area (Å²) in [4.78, 5) is 18.7. The van der Waals surface area contributed by atoms with Crippen molar-refractivity contribution in [3.63, 3.8) is 0 Å². The number of carbonyl (C=O) groups is 1. The number of hydrogen-bond donors (Lipinski definition) is 1. The summed E-state index contributed by atoms with van der Waals surface area (Å²) in [6.45, 7) is 8.12. The SMILES string of the molecule is CN=C(C)C=C(N)C1CN(C(=O)OC(C)(C)C)C(Cc2ccc(Cl)cc2)CO1. The molecule has 0 aromatic heterocycles. The molecule has 154 valence electrons. The second-order valence-corrected chi connectivity index (χ2v) is 8.38. The van der Waals surface area contributed by atoms with E-state index in [-0.39, 0.29) is 12.1 Å². The van der Waals surface area contributed by atoms with Crippen molar-refractivity contribution in [3.05, 3.63) is 46.6 Å². The third kappa shape index (κ3) is 6.53. The number of aliphatic imine (C=N–C) groups is 1. The van der Waals surface area contributed by atoms with Crippen LogP contribution >= 0.6 is 11.6 Å². The number of benzene rings is 1. The summed E-state index contributed by atoms with van der Waals surface area (Å²) in [6, 6.07) is 7.44. The Bertz CT molecular complexity index is 738. The van der Waals surface area contributed by atoms with E-state index in [0.29, 0.717) is 30.3 Å². The summed E-state index contributed by atoms with van der Waals surface area (Å²) in [5.41, 5.74) is 8.02. The van der Waals surface area contributed by atoms with Crippen LogP contribution in [-0.4, -0.2) is 54.7 Å².